The first-order valence-corrected chi connectivity index (χ1v) is 6.24. The van der Waals surface area contributed by atoms with E-state index in [-0.39, 0.29) is 30.3 Å². The van der Waals surface area contributed by atoms with Crippen molar-refractivity contribution < 1.29 is 9.90 Å². The van der Waals surface area contributed by atoms with Gasteiger partial charge in [-0.1, -0.05) is 20.8 Å². The molecule has 0 saturated carbocycles. The number of aliphatic hydroxyl groups is 1. The maximum Gasteiger partial charge on any atom is 0.240 e. The van der Waals surface area contributed by atoms with E-state index in [0.29, 0.717) is 19.6 Å². The average Bonchev–Trinajstić information content (AvgIpc) is 2.27. The third kappa shape index (κ3) is 4.72. The molecule has 1 fully saturated rings. The number of nitrogens with zero attached hydrogens (tertiary/aromatic N) is 2. The van der Waals surface area contributed by atoms with Crippen LogP contribution in [0, 0.1) is 5.41 Å². The van der Waals surface area contributed by atoms with Crippen molar-refractivity contribution in [1.82, 2.24) is 9.80 Å². The van der Waals surface area contributed by atoms with Crippen molar-refractivity contribution in [3.63, 3.8) is 0 Å². The zero-order valence-corrected chi connectivity index (χ0v) is 12.4. The first-order chi connectivity index (χ1) is 7.86. The Bertz CT molecular complexity index is 261. The van der Waals surface area contributed by atoms with Crippen LogP contribution in [-0.4, -0.2) is 66.2 Å². The summed E-state index contributed by atoms with van der Waals surface area (Å²) in [6.45, 7) is 9.88. The maximum atomic E-state index is 12.1. The molecule has 0 aromatic heterocycles. The van der Waals surface area contributed by atoms with Crippen molar-refractivity contribution in [2.75, 3.05) is 39.3 Å². The van der Waals surface area contributed by atoms with Crippen LogP contribution >= 0.6 is 12.4 Å². The van der Waals surface area contributed by atoms with Gasteiger partial charge in [0.25, 0.3) is 0 Å². The second kappa shape index (κ2) is 7.28. The minimum atomic E-state index is -0.438. The molecule has 108 valence electrons. The van der Waals surface area contributed by atoms with Gasteiger partial charge in [-0.3, -0.25) is 9.69 Å². The van der Waals surface area contributed by atoms with Crippen molar-refractivity contribution in [1.29, 1.82) is 0 Å². The highest BCUT2D eigenvalue weighted by Crippen LogP contribution is 2.19. The summed E-state index contributed by atoms with van der Waals surface area (Å²) in [5.41, 5.74) is 5.78. The highest BCUT2D eigenvalue weighted by atomic mass is 35.5. The van der Waals surface area contributed by atoms with Gasteiger partial charge in [-0.25, -0.2) is 0 Å². The van der Waals surface area contributed by atoms with Crippen molar-refractivity contribution in [2.45, 2.75) is 26.8 Å². The number of hydrogen-bond donors (Lipinski definition) is 2. The van der Waals surface area contributed by atoms with E-state index in [2.05, 4.69) is 4.90 Å². The molecule has 5 nitrogen and oxygen atoms in total. The van der Waals surface area contributed by atoms with Crippen LogP contribution in [0.3, 0.4) is 0 Å². The molecule has 18 heavy (non-hydrogen) atoms. The van der Waals surface area contributed by atoms with Crippen molar-refractivity contribution >= 4 is 18.3 Å². The average molecular weight is 280 g/mol. The molecule has 0 radical (unpaired) electrons. The highest BCUT2D eigenvalue weighted by Gasteiger charge is 2.32. The largest absolute Gasteiger partial charge is 0.395 e. The molecule has 3 N–H and O–H groups in total. The quantitative estimate of drug-likeness (QED) is 0.758. The number of rotatable bonds is 3. The van der Waals surface area contributed by atoms with Crippen LogP contribution in [0.4, 0.5) is 0 Å². The molecule has 6 heteroatoms. The predicted molar refractivity (Wildman–Crippen MR) is 74.8 cm³/mol. The summed E-state index contributed by atoms with van der Waals surface area (Å²) < 4.78 is 0. The lowest BCUT2D eigenvalue weighted by atomic mass is 9.86. The first-order valence-electron chi connectivity index (χ1n) is 6.24. The van der Waals surface area contributed by atoms with Gasteiger partial charge < -0.3 is 15.7 Å². The zero-order valence-electron chi connectivity index (χ0n) is 11.6. The maximum absolute atomic E-state index is 12.1. The summed E-state index contributed by atoms with van der Waals surface area (Å²) in [4.78, 5) is 16.1. The van der Waals surface area contributed by atoms with Crippen LogP contribution in [0.5, 0.6) is 0 Å². The molecule has 1 heterocycles. The number of halogens is 1. The van der Waals surface area contributed by atoms with Crippen molar-refractivity contribution in [2.24, 2.45) is 11.1 Å². The lowest BCUT2D eigenvalue weighted by Gasteiger charge is -2.38. The van der Waals surface area contributed by atoms with Crippen LogP contribution in [0.2, 0.25) is 0 Å². The second-order valence-corrected chi connectivity index (χ2v) is 5.73. The van der Waals surface area contributed by atoms with Crippen LogP contribution in [-0.2, 0) is 4.79 Å². The number of carbonyl (C=O) groups is 1. The summed E-state index contributed by atoms with van der Waals surface area (Å²) in [7, 11) is 0. The fraction of sp³-hybridized carbons (Fsp3) is 0.917. The Morgan fingerprint density at radius 1 is 1.28 bits per heavy atom. The molecule has 1 rings (SSSR count). The summed E-state index contributed by atoms with van der Waals surface area (Å²) in [6, 6.07) is -0.438. The Morgan fingerprint density at radius 3 is 2.17 bits per heavy atom. The fourth-order valence-corrected chi connectivity index (χ4v) is 1.90. The van der Waals surface area contributed by atoms with E-state index in [1.165, 1.54) is 0 Å². The Morgan fingerprint density at radius 2 is 1.78 bits per heavy atom. The molecule has 0 aromatic carbocycles. The Kier molecular flexibility index (Phi) is 7.14. The zero-order chi connectivity index (χ0) is 13.1. The van der Waals surface area contributed by atoms with E-state index >= 15 is 0 Å². The standard InChI is InChI=1S/C12H25N3O2.ClH/c1-12(2,3)10(13)11(17)15-6-4-14(5-7-15)8-9-16;/h10,16H,4-9,13H2,1-3H3;1H/t10-;/m1./s1. The summed E-state index contributed by atoms with van der Waals surface area (Å²) in [6.07, 6.45) is 0. The molecule has 1 amide bonds. The van der Waals surface area contributed by atoms with Gasteiger partial charge in [-0.05, 0) is 5.41 Å². The summed E-state index contributed by atoms with van der Waals surface area (Å²) in [5.74, 6) is 0.0427. The van der Waals surface area contributed by atoms with Crippen LogP contribution in [0.25, 0.3) is 0 Å². The van der Waals surface area contributed by atoms with E-state index in [0.717, 1.165) is 13.1 Å². The van der Waals surface area contributed by atoms with Crippen LogP contribution < -0.4 is 5.73 Å². The van der Waals surface area contributed by atoms with Gasteiger partial charge >= 0.3 is 0 Å². The third-order valence-electron chi connectivity index (χ3n) is 3.30. The number of β-amino-alcohol motifs (C(OH)–C–C–N with tert-alkyl or cyclic N) is 1. The van der Waals surface area contributed by atoms with E-state index < -0.39 is 6.04 Å². The predicted octanol–water partition coefficient (Wildman–Crippen LogP) is -0.0819. The number of aliphatic hydroxyl groups excluding tert-OH is 1. The van der Waals surface area contributed by atoms with Crippen molar-refractivity contribution in [3.8, 4) is 0 Å². The van der Waals surface area contributed by atoms with E-state index in [1.54, 1.807) is 0 Å². The Hall–Kier alpha value is -0.360. The lowest BCUT2D eigenvalue weighted by Crippen LogP contribution is -2.56. The summed E-state index contributed by atoms with van der Waals surface area (Å²) in [5, 5.41) is 8.85. The van der Waals surface area contributed by atoms with Gasteiger partial charge in [0.15, 0.2) is 0 Å². The number of hydrogen-bond acceptors (Lipinski definition) is 4. The minimum absolute atomic E-state index is 0. The number of piperazine rings is 1. The second-order valence-electron chi connectivity index (χ2n) is 5.73. The third-order valence-corrected chi connectivity index (χ3v) is 3.30. The van der Waals surface area contributed by atoms with Gasteiger partial charge in [0.05, 0.1) is 12.6 Å². The molecule has 0 spiro atoms. The smallest absolute Gasteiger partial charge is 0.240 e. The SMILES string of the molecule is CC(C)(C)[C@H](N)C(=O)N1CCN(CCO)CC1.Cl. The van der Waals surface area contributed by atoms with E-state index in [9.17, 15) is 4.79 Å². The monoisotopic (exact) mass is 279 g/mol. The summed E-state index contributed by atoms with van der Waals surface area (Å²) >= 11 is 0. The van der Waals surface area contributed by atoms with Gasteiger partial charge in [0.1, 0.15) is 0 Å². The lowest BCUT2D eigenvalue weighted by molar-refractivity contribution is -0.136. The van der Waals surface area contributed by atoms with Crippen molar-refractivity contribution in [3.05, 3.63) is 0 Å². The number of amides is 1. The number of carbonyl (C=O) groups excluding carboxylic acids is 1. The van der Waals surface area contributed by atoms with Gasteiger partial charge in [0.2, 0.25) is 5.91 Å². The van der Waals surface area contributed by atoms with Crippen LogP contribution in [0.15, 0.2) is 0 Å². The Balaban J connectivity index is 0.00000289. The van der Waals surface area contributed by atoms with Crippen LogP contribution in [0.1, 0.15) is 20.8 Å². The Labute approximate surface area is 116 Å². The van der Waals surface area contributed by atoms with Gasteiger partial charge in [-0.2, -0.15) is 0 Å². The molecule has 1 atom stereocenters. The normalized spacial score (nSPS) is 19.3. The molecule has 0 aromatic rings. The van der Waals surface area contributed by atoms with Gasteiger partial charge in [-0.15, -0.1) is 12.4 Å². The van der Waals surface area contributed by atoms with Gasteiger partial charge in [0, 0.05) is 32.7 Å². The molecule has 0 unspecified atom stereocenters. The first kappa shape index (κ1) is 17.6. The molecule has 1 aliphatic rings. The molecular weight excluding hydrogens is 254 g/mol. The molecule has 0 bridgehead atoms. The molecule has 0 aliphatic carbocycles. The molecular formula is C12H26ClN3O2. The fourth-order valence-electron chi connectivity index (χ4n) is 1.90. The highest BCUT2D eigenvalue weighted by molar-refractivity contribution is 5.85. The minimum Gasteiger partial charge on any atom is -0.395 e. The van der Waals surface area contributed by atoms with E-state index in [1.807, 2.05) is 25.7 Å². The van der Waals surface area contributed by atoms with E-state index in [4.69, 9.17) is 10.8 Å². The molecule has 1 saturated heterocycles. The topological polar surface area (TPSA) is 69.8 Å². The molecule has 1 aliphatic heterocycles. The number of nitrogens with two attached hydrogens (primary N) is 1.